The molecule has 0 saturated heterocycles. The van der Waals surface area contributed by atoms with E-state index >= 15 is 0 Å². The molecule has 0 saturated carbocycles. The van der Waals surface area contributed by atoms with Crippen molar-refractivity contribution in [3.63, 3.8) is 0 Å². The van der Waals surface area contributed by atoms with Crippen molar-refractivity contribution in [3.05, 3.63) is 53.1 Å². The topological polar surface area (TPSA) is 67.4 Å². The van der Waals surface area contributed by atoms with Crippen LogP contribution in [0.1, 0.15) is 37.0 Å². The Morgan fingerprint density at radius 3 is 2.40 bits per heavy atom. The van der Waals surface area contributed by atoms with E-state index in [9.17, 15) is 9.59 Å². The van der Waals surface area contributed by atoms with Crippen LogP contribution in [0.2, 0.25) is 5.02 Å². The maximum atomic E-state index is 12.4. The summed E-state index contributed by atoms with van der Waals surface area (Å²) in [6.07, 6.45) is 1.24. The Morgan fingerprint density at radius 2 is 1.76 bits per heavy atom. The lowest BCUT2D eigenvalue weighted by molar-refractivity contribution is -0.116. The lowest BCUT2D eigenvalue weighted by Crippen LogP contribution is -2.13. The number of anilines is 2. The number of hydrogen-bond acceptors (Lipinski definition) is 3. The highest BCUT2D eigenvalue weighted by Gasteiger charge is 2.10. The minimum absolute atomic E-state index is 0.0516. The van der Waals surface area contributed by atoms with Crippen molar-refractivity contribution < 1.29 is 14.3 Å². The Labute approximate surface area is 152 Å². The molecule has 25 heavy (non-hydrogen) atoms. The first kappa shape index (κ1) is 18.8. The van der Waals surface area contributed by atoms with Crippen LogP contribution in [0.3, 0.4) is 0 Å². The molecule has 0 spiro atoms. The number of rotatable bonds is 7. The van der Waals surface area contributed by atoms with Crippen LogP contribution in [0.15, 0.2) is 42.5 Å². The largest absolute Gasteiger partial charge is 0.492 e. The minimum Gasteiger partial charge on any atom is -0.492 e. The normalized spacial score (nSPS) is 10.2. The second-order valence-corrected chi connectivity index (χ2v) is 5.82. The quantitative estimate of drug-likeness (QED) is 0.750. The van der Waals surface area contributed by atoms with Crippen molar-refractivity contribution >= 4 is 34.8 Å². The standard InChI is InChI=1S/C19H21ClN2O3/c1-3-6-18(23)21-14-7-5-8-15(12-14)22-19(24)13-9-10-17(25-4-2)16(20)11-13/h5,7-12H,3-4,6H2,1-2H3,(H,21,23)(H,22,24). The van der Waals surface area contributed by atoms with Crippen LogP contribution in [-0.2, 0) is 4.79 Å². The van der Waals surface area contributed by atoms with Crippen molar-refractivity contribution in [1.29, 1.82) is 0 Å². The summed E-state index contributed by atoms with van der Waals surface area (Å²) in [6, 6.07) is 11.9. The zero-order valence-electron chi connectivity index (χ0n) is 14.3. The predicted molar refractivity (Wildman–Crippen MR) is 101 cm³/mol. The van der Waals surface area contributed by atoms with E-state index in [0.717, 1.165) is 6.42 Å². The highest BCUT2D eigenvalue weighted by Crippen LogP contribution is 2.26. The number of amides is 2. The Hall–Kier alpha value is -2.53. The van der Waals surface area contributed by atoms with Gasteiger partial charge in [0.2, 0.25) is 5.91 Å². The van der Waals surface area contributed by atoms with Crippen LogP contribution in [0.4, 0.5) is 11.4 Å². The predicted octanol–water partition coefficient (Wildman–Crippen LogP) is 4.73. The molecule has 6 heteroatoms. The number of ether oxygens (including phenoxy) is 1. The third kappa shape index (κ3) is 5.50. The van der Waals surface area contributed by atoms with Crippen LogP contribution in [0.5, 0.6) is 5.75 Å². The van der Waals surface area contributed by atoms with Crippen LogP contribution in [0.25, 0.3) is 0 Å². The summed E-state index contributed by atoms with van der Waals surface area (Å²) in [5, 5.41) is 5.98. The molecule has 0 atom stereocenters. The maximum absolute atomic E-state index is 12.4. The van der Waals surface area contributed by atoms with E-state index in [2.05, 4.69) is 10.6 Å². The van der Waals surface area contributed by atoms with Gasteiger partial charge in [-0.15, -0.1) is 0 Å². The Bertz CT molecular complexity index is 762. The molecule has 132 valence electrons. The summed E-state index contributed by atoms with van der Waals surface area (Å²) in [4.78, 5) is 24.0. The van der Waals surface area contributed by atoms with E-state index in [1.165, 1.54) is 0 Å². The highest BCUT2D eigenvalue weighted by atomic mass is 35.5. The zero-order chi connectivity index (χ0) is 18.2. The molecule has 0 aliphatic heterocycles. The molecule has 0 aromatic heterocycles. The van der Waals surface area contributed by atoms with Crippen LogP contribution in [0, 0.1) is 0 Å². The van der Waals surface area contributed by atoms with Gasteiger partial charge in [-0.05, 0) is 49.7 Å². The maximum Gasteiger partial charge on any atom is 0.255 e. The number of nitrogens with one attached hydrogen (secondary N) is 2. The van der Waals surface area contributed by atoms with Crippen molar-refractivity contribution in [2.45, 2.75) is 26.7 Å². The number of halogens is 1. The molecule has 0 aliphatic rings. The van der Waals surface area contributed by atoms with E-state index in [0.29, 0.717) is 40.7 Å². The van der Waals surface area contributed by atoms with Gasteiger partial charge in [-0.25, -0.2) is 0 Å². The van der Waals surface area contributed by atoms with E-state index < -0.39 is 0 Å². The SMILES string of the molecule is CCCC(=O)Nc1cccc(NC(=O)c2ccc(OCC)c(Cl)c2)c1. The molecule has 2 rings (SSSR count). The number of benzene rings is 2. The number of carbonyl (C=O) groups excluding carboxylic acids is 2. The molecule has 5 nitrogen and oxygen atoms in total. The smallest absolute Gasteiger partial charge is 0.255 e. The van der Waals surface area contributed by atoms with Crippen LogP contribution in [-0.4, -0.2) is 18.4 Å². The molecule has 2 N–H and O–H groups in total. The summed E-state index contributed by atoms with van der Waals surface area (Å²) >= 11 is 6.11. The van der Waals surface area contributed by atoms with Gasteiger partial charge in [0, 0.05) is 23.4 Å². The van der Waals surface area contributed by atoms with Gasteiger partial charge in [0.25, 0.3) is 5.91 Å². The fourth-order valence-corrected chi connectivity index (χ4v) is 2.48. The van der Waals surface area contributed by atoms with Crippen molar-refractivity contribution in [3.8, 4) is 5.75 Å². The minimum atomic E-state index is -0.290. The van der Waals surface area contributed by atoms with Crippen molar-refractivity contribution in [1.82, 2.24) is 0 Å². The monoisotopic (exact) mass is 360 g/mol. The fraction of sp³-hybridized carbons (Fsp3) is 0.263. The molecular formula is C19H21ClN2O3. The van der Waals surface area contributed by atoms with Gasteiger partial charge in [0.05, 0.1) is 11.6 Å². The molecule has 0 radical (unpaired) electrons. The fourth-order valence-electron chi connectivity index (χ4n) is 2.24. The van der Waals surface area contributed by atoms with E-state index in [1.807, 2.05) is 13.8 Å². The van der Waals surface area contributed by atoms with Crippen molar-refractivity contribution in [2.75, 3.05) is 17.2 Å². The van der Waals surface area contributed by atoms with Gasteiger partial charge in [0.15, 0.2) is 0 Å². The molecule has 0 bridgehead atoms. The Balaban J connectivity index is 2.07. The van der Waals surface area contributed by atoms with Gasteiger partial charge >= 0.3 is 0 Å². The van der Waals surface area contributed by atoms with E-state index in [-0.39, 0.29) is 11.8 Å². The Kier molecular flexibility index (Phi) is 6.83. The molecule has 0 aliphatic carbocycles. The molecular weight excluding hydrogens is 340 g/mol. The van der Waals surface area contributed by atoms with Crippen LogP contribution < -0.4 is 15.4 Å². The Morgan fingerprint density at radius 1 is 1.04 bits per heavy atom. The van der Waals surface area contributed by atoms with Gasteiger partial charge in [0.1, 0.15) is 5.75 Å². The molecule has 2 aromatic rings. The molecule has 0 fully saturated rings. The second kappa shape index (κ2) is 9.08. The zero-order valence-corrected chi connectivity index (χ0v) is 15.0. The summed E-state index contributed by atoms with van der Waals surface area (Å²) in [6.45, 7) is 4.31. The molecule has 0 heterocycles. The summed E-state index contributed by atoms with van der Waals surface area (Å²) < 4.78 is 5.36. The molecule has 2 amide bonds. The van der Waals surface area contributed by atoms with Crippen LogP contribution >= 0.6 is 11.6 Å². The van der Waals surface area contributed by atoms with Gasteiger partial charge in [-0.3, -0.25) is 9.59 Å². The lowest BCUT2D eigenvalue weighted by atomic mass is 10.2. The van der Waals surface area contributed by atoms with Gasteiger partial charge < -0.3 is 15.4 Å². The number of carbonyl (C=O) groups is 2. The molecule has 0 unspecified atom stereocenters. The van der Waals surface area contributed by atoms with Gasteiger partial charge in [-0.1, -0.05) is 24.6 Å². The second-order valence-electron chi connectivity index (χ2n) is 5.41. The highest BCUT2D eigenvalue weighted by molar-refractivity contribution is 6.32. The third-order valence-corrected chi connectivity index (χ3v) is 3.67. The van der Waals surface area contributed by atoms with Crippen molar-refractivity contribution in [2.24, 2.45) is 0 Å². The summed E-state index contributed by atoms with van der Waals surface area (Å²) in [7, 11) is 0. The average molecular weight is 361 g/mol. The summed E-state index contributed by atoms with van der Waals surface area (Å²) in [5.41, 5.74) is 1.65. The van der Waals surface area contributed by atoms with Gasteiger partial charge in [-0.2, -0.15) is 0 Å². The number of hydrogen-bond donors (Lipinski definition) is 2. The average Bonchev–Trinajstić information content (AvgIpc) is 2.57. The van der Waals surface area contributed by atoms with E-state index in [4.69, 9.17) is 16.3 Å². The first-order valence-electron chi connectivity index (χ1n) is 8.17. The van der Waals surface area contributed by atoms with E-state index in [1.54, 1.807) is 42.5 Å². The molecule has 2 aromatic carbocycles. The first-order valence-corrected chi connectivity index (χ1v) is 8.55. The lowest BCUT2D eigenvalue weighted by Gasteiger charge is -2.10. The summed E-state index contributed by atoms with van der Waals surface area (Å²) in [5.74, 6) is 0.201. The third-order valence-electron chi connectivity index (χ3n) is 3.38. The first-order chi connectivity index (χ1) is 12.0.